The van der Waals surface area contributed by atoms with Gasteiger partial charge in [0.15, 0.2) is 0 Å². The summed E-state index contributed by atoms with van der Waals surface area (Å²) in [5, 5.41) is 6.01. The number of benzene rings is 1. The summed E-state index contributed by atoms with van der Waals surface area (Å²) < 4.78 is 6.98. The number of ether oxygens (including phenoxy) is 1. The van der Waals surface area contributed by atoms with E-state index in [1.54, 1.807) is 13.0 Å². The third-order valence-corrected chi connectivity index (χ3v) is 5.05. The number of esters is 1. The van der Waals surface area contributed by atoms with Gasteiger partial charge >= 0.3 is 12.0 Å². The molecule has 28 heavy (non-hydrogen) atoms. The van der Waals surface area contributed by atoms with Crippen LogP contribution in [0.5, 0.6) is 0 Å². The number of nitrogens with one attached hydrogen (secondary N) is 2. The van der Waals surface area contributed by atoms with Crippen LogP contribution in [0, 0.1) is 0 Å². The maximum Gasteiger partial charge on any atom is 0.354 e. The van der Waals surface area contributed by atoms with E-state index in [0.29, 0.717) is 31.4 Å². The number of aromatic nitrogens is 1. The van der Waals surface area contributed by atoms with Crippen LogP contribution in [0.3, 0.4) is 0 Å². The van der Waals surface area contributed by atoms with Crippen molar-refractivity contribution in [1.29, 1.82) is 0 Å². The molecule has 150 valence electrons. The largest absolute Gasteiger partial charge is 0.461 e. The molecule has 0 radical (unpaired) electrons. The summed E-state index contributed by atoms with van der Waals surface area (Å²) in [6, 6.07) is 11.8. The van der Waals surface area contributed by atoms with Gasteiger partial charge in [-0.2, -0.15) is 0 Å². The van der Waals surface area contributed by atoms with Crippen LogP contribution in [0.4, 0.5) is 4.79 Å². The second-order valence-corrected chi connectivity index (χ2v) is 7.22. The maximum atomic E-state index is 12.1. The summed E-state index contributed by atoms with van der Waals surface area (Å²) >= 11 is 0. The zero-order valence-electron chi connectivity index (χ0n) is 16.4. The maximum absolute atomic E-state index is 12.1. The van der Waals surface area contributed by atoms with Crippen LogP contribution in [0.25, 0.3) is 0 Å². The fourth-order valence-electron chi connectivity index (χ4n) is 3.64. The van der Waals surface area contributed by atoms with Crippen LogP contribution in [0.1, 0.15) is 60.6 Å². The van der Waals surface area contributed by atoms with Crippen molar-refractivity contribution in [1.82, 2.24) is 15.2 Å². The summed E-state index contributed by atoms with van der Waals surface area (Å²) in [5.41, 5.74) is 2.63. The minimum atomic E-state index is -0.315. The molecule has 2 aromatic rings. The fourth-order valence-corrected chi connectivity index (χ4v) is 3.64. The number of amides is 2. The smallest absolute Gasteiger partial charge is 0.354 e. The van der Waals surface area contributed by atoms with E-state index in [9.17, 15) is 9.59 Å². The predicted molar refractivity (Wildman–Crippen MR) is 108 cm³/mol. The third-order valence-electron chi connectivity index (χ3n) is 5.05. The molecule has 6 heteroatoms. The summed E-state index contributed by atoms with van der Waals surface area (Å²) in [6.07, 6.45) is 7.67. The van der Waals surface area contributed by atoms with Crippen molar-refractivity contribution in [3.05, 3.63) is 59.4 Å². The number of nitrogens with zero attached hydrogens (tertiary/aromatic N) is 1. The molecule has 1 aromatic heterocycles. The molecule has 1 aliphatic carbocycles. The highest BCUT2D eigenvalue weighted by atomic mass is 16.5. The Kier molecular flexibility index (Phi) is 7.12. The van der Waals surface area contributed by atoms with Gasteiger partial charge in [-0.25, -0.2) is 9.59 Å². The van der Waals surface area contributed by atoms with Gasteiger partial charge in [-0.3, -0.25) is 0 Å². The minimum absolute atomic E-state index is 0.104. The second kappa shape index (κ2) is 9.97. The van der Waals surface area contributed by atoms with Crippen LogP contribution >= 0.6 is 0 Å². The molecule has 3 rings (SSSR count). The third kappa shape index (κ3) is 5.62. The van der Waals surface area contributed by atoms with Gasteiger partial charge in [-0.1, -0.05) is 43.5 Å². The van der Waals surface area contributed by atoms with E-state index in [1.165, 1.54) is 19.3 Å². The van der Waals surface area contributed by atoms with Gasteiger partial charge in [0.05, 0.1) is 6.61 Å². The first-order valence-corrected chi connectivity index (χ1v) is 10.1. The molecule has 2 N–H and O–H groups in total. The molecular formula is C22H29N3O3. The first-order valence-electron chi connectivity index (χ1n) is 10.1. The van der Waals surface area contributed by atoms with Crippen LogP contribution in [0.15, 0.2) is 42.6 Å². The van der Waals surface area contributed by atoms with Gasteiger partial charge in [0.2, 0.25) is 0 Å². The number of rotatable bonds is 7. The van der Waals surface area contributed by atoms with Crippen molar-refractivity contribution < 1.29 is 14.3 Å². The Morgan fingerprint density at radius 1 is 1.11 bits per heavy atom. The Morgan fingerprint density at radius 2 is 1.89 bits per heavy atom. The highest BCUT2D eigenvalue weighted by Gasteiger charge is 2.15. The van der Waals surface area contributed by atoms with Crippen LogP contribution < -0.4 is 10.6 Å². The van der Waals surface area contributed by atoms with E-state index in [-0.39, 0.29) is 12.0 Å². The van der Waals surface area contributed by atoms with E-state index < -0.39 is 0 Å². The Labute approximate surface area is 166 Å². The topological polar surface area (TPSA) is 72.4 Å². The SMILES string of the molecule is CCOC(=O)c1cccn1Cc1cccc(CNC(=O)NC2CCCCC2)c1. The summed E-state index contributed by atoms with van der Waals surface area (Å²) in [5.74, 6) is -0.315. The van der Waals surface area contributed by atoms with Crippen LogP contribution in [-0.2, 0) is 17.8 Å². The number of hydrogen-bond donors (Lipinski definition) is 2. The molecule has 2 amide bonds. The molecule has 1 saturated carbocycles. The van der Waals surface area contributed by atoms with Gasteiger partial charge in [-0.05, 0) is 43.0 Å². The number of hydrogen-bond acceptors (Lipinski definition) is 3. The summed E-state index contributed by atoms with van der Waals surface area (Å²) in [7, 11) is 0. The fraction of sp³-hybridized carbons (Fsp3) is 0.455. The lowest BCUT2D eigenvalue weighted by Gasteiger charge is -2.22. The Balaban J connectivity index is 1.55. The van der Waals surface area contributed by atoms with E-state index in [4.69, 9.17) is 4.74 Å². The normalized spacial score (nSPS) is 14.5. The van der Waals surface area contributed by atoms with Gasteiger partial charge in [0.1, 0.15) is 5.69 Å². The summed E-state index contributed by atoms with van der Waals surface area (Å²) in [4.78, 5) is 24.2. The van der Waals surface area contributed by atoms with E-state index >= 15 is 0 Å². The second-order valence-electron chi connectivity index (χ2n) is 7.22. The minimum Gasteiger partial charge on any atom is -0.461 e. The molecule has 0 spiro atoms. The summed E-state index contributed by atoms with van der Waals surface area (Å²) in [6.45, 7) is 3.20. The molecule has 6 nitrogen and oxygen atoms in total. The van der Waals surface area contributed by atoms with Crippen molar-refractivity contribution in [2.24, 2.45) is 0 Å². The highest BCUT2D eigenvalue weighted by Crippen LogP contribution is 2.17. The first-order chi connectivity index (χ1) is 13.7. The van der Waals surface area contributed by atoms with Gasteiger partial charge in [-0.15, -0.1) is 0 Å². The Morgan fingerprint density at radius 3 is 2.68 bits per heavy atom. The zero-order chi connectivity index (χ0) is 19.8. The Hall–Kier alpha value is -2.76. The van der Waals surface area contributed by atoms with E-state index in [2.05, 4.69) is 16.7 Å². The van der Waals surface area contributed by atoms with Gasteiger partial charge < -0.3 is 19.9 Å². The molecule has 0 aliphatic heterocycles. The lowest BCUT2D eigenvalue weighted by molar-refractivity contribution is 0.0514. The zero-order valence-corrected chi connectivity index (χ0v) is 16.4. The lowest BCUT2D eigenvalue weighted by Crippen LogP contribution is -2.42. The average molecular weight is 383 g/mol. The van der Waals surface area contributed by atoms with Crippen molar-refractivity contribution in [2.45, 2.75) is 58.2 Å². The van der Waals surface area contributed by atoms with Gasteiger partial charge in [0, 0.05) is 25.3 Å². The van der Waals surface area contributed by atoms with Crippen LogP contribution in [0.2, 0.25) is 0 Å². The van der Waals surface area contributed by atoms with Crippen molar-refractivity contribution in [2.75, 3.05) is 6.61 Å². The molecule has 1 aliphatic rings. The quantitative estimate of drug-likeness (QED) is 0.714. The number of carbonyl (C=O) groups excluding carboxylic acids is 2. The van der Waals surface area contributed by atoms with E-state index in [1.807, 2.05) is 35.0 Å². The molecular weight excluding hydrogens is 354 g/mol. The first kappa shape index (κ1) is 20.0. The molecule has 1 aromatic carbocycles. The molecule has 0 atom stereocenters. The molecule has 0 saturated heterocycles. The lowest BCUT2D eigenvalue weighted by atomic mass is 9.96. The highest BCUT2D eigenvalue weighted by molar-refractivity contribution is 5.87. The molecule has 1 heterocycles. The molecule has 0 bridgehead atoms. The standard InChI is InChI=1S/C22H29N3O3/c1-2-28-21(26)20-12-7-13-25(20)16-18-9-6-8-17(14-18)15-23-22(27)24-19-10-4-3-5-11-19/h6-9,12-14,19H,2-5,10-11,15-16H2,1H3,(H2,23,24,27). The Bertz CT molecular complexity index is 794. The van der Waals surface area contributed by atoms with Crippen molar-refractivity contribution in [3.8, 4) is 0 Å². The van der Waals surface area contributed by atoms with Crippen molar-refractivity contribution in [3.63, 3.8) is 0 Å². The van der Waals surface area contributed by atoms with Crippen molar-refractivity contribution >= 4 is 12.0 Å². The van der Waals surface area contributed by atoms with E-state index in [0.717, 1.165) is 24.0 Å². The van der Waals surface area contributed by atoms with Gasteiger partial charge in [0.25, 0.3) is 0 Å². The van der Waals surface area contributed by atoms with Crippen LogP contribution in [-0.4, -0.2) is 29.2 Å². The number of urea groups is 1. The average Bonchev–Trinajstić information content (AvgIpc) is 3.16. The molecule has 0 unspecified atom stereocenters. The predicted octanol–water partition coefficient (Wildman–Crippen LogP) is 3.85. The molecule has 1 fully saturated rings. The number of carbonyl (C=O) groups is 2. The monoisotopic (exact) mass is 383 g/mol.